The predicted octanol–water partition coefficient (Wildman–Crippen LogP) is 4.35. The summed E-state index contributed by atoms with van der Waals surface area (Å²) in [4.78, 5) is 27.2. The van der Waals surface area contributed by atoms with Crippen molar-refractivity contribution in [2.75, 3.05) is 33.4 Å². The van der Waals surface area contributed by atoms with Gasteiger partial charge in [-0.2, -0.15) is 0 Å². The van der Waals surface area contributed by atoms with Crippen molar-refractivity contribution < 1.29 is 19.1 Å². The number of rotatable bonds is 8. The zero-order valence-corrected chi connectivity index (χ0v) is 19.2. The Morgan fingerprint density at radius 2 is 1.67 bits per heavy atom. The SMILES string of the molecule is C=CCOC(=O)[C@H](CC1CCNCC1)N(C)C(=O)OCC1c2ccccc2-c2ccccc21. The van der Waals surface area contributed by atoms with Crippen LogP contribution in [0.4, 0.5) is 4.79 Å². The van der Waals surface area contributed by atoms with Crippen LogP contribution in [0.3, 0.4) is 0 Å². The van der Waals surface area contributed by atoms with Crippen molar-refractivity contribution in [2.45, 2.75) is 31.2 Å². The average Bonchev–Trinajstić information content (AvgIpc) is 3.18. The number of carbonyl (C=O) groups is 2. The molecule has 2 aromatic rings. The lowest BCUT2D eigenvalue weighted by Crippen LogP contribution is -2.46. The number of nitrogens with one attached hydrogen (secondary N) is 1. The van der Waals surface area contributed by atoms with Crippen molar-refractivity contribution in [2.24, 2.45) is 5.92 Å². The Hall–Kier alpha value is -3.12. The van der Waals surface area contributed by atoms with Crippen molar-refractivity contribution >= 4 is 12.1 Å². The Morgan fingerprint density at radius 3 is 2.27 bits per heavy atom. The van der Waals surface area contributed by atoms with Crippen LogP contribution in [0.2, 0.25) is 0 Å². The molecule has 0 bridgehead atoms. The van der Waals surface area contributed by atoms with Crippen molar-refractivity contribution in [1.82, 2.24) is 10.2 Å². The molecule has 0 spiro atoms. The van der Waals surface area contributed by atoms with Gasteiger partial charge in [-0.1, -0.05) is 61.2 Å². The predicted molar refractivity (Wildman–Crippen MR) is 128 cm³/mol. The van der Waals surface area contributed by atoms with Gasteiger partial charge in [-0.15, -0.1) is 0 Å². The summed E-state index contributed by atoms with van der Waals surface area (Å²) >= 11 is 0. The molecule has 1 aliphatic carbocycles. The van der Waals surface area contributed by atoms with E-state index in [1.165, 1.54) is 22.1 Å². The molecule has 1 N–H and O–H groups in total. The molecule has 33 heavy (non-hydrogen) atoms. The second-order valence-corrected chi connectivity index (χ2v) is 8.78. The van der Waals surface area contributed by atoms with Crippen LogP contribution in [0.25, 0.3) is 11.1 Å². The summed E-state index contributed by atoms with van der Waals surface area (Å²) in [5, 5.41) is 3.34. The maximum atomic E-state index is 13.0. The maximum absolute atomic E-state index is 13.0. The molecule has 174 valence electrons. The lowest BCUT2D eigenvalue weighted by atomic mass is 9.90. The quantitative estimate of drug-likeness (QED) is 0.480. The summed E-state index contributed by atoms with van der Waals surface area (Å²) in [5.74, 6) is -0.0776. The van der Waals surface area contributed by atoms with E-state index in [1.54, 1.807) is 7.05 Å². The highest BCUT2D eigenvalue weighted by molar-refractivity contribution is 5.82. The standard InChI is InChI=1S/C27H32N2O4/c1-3-16-32-26(30)25(17-19-12-14-28-15-13-19)29(2)27(31)33-18-24-22-10-6-4-8-20(22)21-9-5-7-11-23(21)24/h3-11,19,24-25,28H,1,12-18H2,2H3/t25-/m0/s1. The van der Waals surface area contributed by atoms with Crippen molar-refractivity contribution in [1.29, 1.82) is 0 Å². The van der Waals surface area contributed by atoms with E-state index in [9.17, 15) is 9.59 Å². The smallest absolute Gasteiger partial charge is 0.410 e. The van der Waals surface area contributed by atoms with Gasteiger partial charge in [0.05, 0.1) is 0 Å². The Kier molecular flexibility index (Phi) is 7.45. The summed E-state index contributed by atoms with van der Waals surface area (Å²) in [7, 11) is 1.62. The highest BCUT2D eigenvalue weighted by atomic mass is 16.6. The average molecular weight is 449 g/mol. The number of fused-ring (bicyclic) bond motifs is 3. The highest BCUT2D eigenvalue weighted by Crippen LogP contribution is 2.44. The topological polar surface area (TPSA) is 67.9 Å². The van der Waals surface area contributed by atoms with Crippen molar-refractivity contribution in [3.05, 3.63) is 72.3 Å². The molecular weight excluding hydrogens is 416 g/mol. The maximum Gasteiger partial charge on any atom is 0.410 e. The molecule has 0 saturated carbocycles. The number of hydrogen-bond acceptors (Lipinski definition) is 5. The molecular formula is C27H32N2O4. The molecule has 0 radical (unpaired) electrons. The zero-order chi connectivity index (χ0) is 23.2. The van der Waals surface area contributed by atoms with E-state index < -0.39 is 18.1 Å². The molecule has 1 atom stereocenters. The van der Waals surface area contributed by atoms with E-state index in [0.29, 0.717) is 12.3 Å². The fourth-order valence-corrected chi connectivity index (χ4v) is 4.91. The zero-order valence-electron chi connectivity index (χ0n) is 19.2. The Morgan fingerprint density at radius 1 is 1.06 bits per heavy atom. The van der Waals surface area contributed by atoms with Gasteiger partial charge in [0.1, 0.15) is 19.3 Å². The van der Waals surface area contributed by atoms with Crippen LogP contribution in [0.1, 0.15) is 36.3 Å². The van der Waals surface area contributed by atoms with Crippen LogP contribution in [0, 0.1) is 5.92 Å². The summed E-state index contributed by atoms with van der Waals surface area (Å²) in [6.07, 6.45) is 3.55. The third kappa shape index (κ3) is 5.11. The van der Waals surface area contributed by atoms with Gasteiger partial charge in [0.2, 0.25) is 0 Å². The van der Waals surface area contributed by atoms with E-state index in [-0.39, 0.29) is 19.1 Å². The lowest BCUT2D eigenvalue weighted by Gasteiger charge is -2.31. The van der Waals surface area contributed by atoms with Gasteiger partial charge < -0.3 is 14.8 Å². The monoisotopic (exact) mass is 448 g/mol. The summed E-state index contributed by atoms with van der Waals surface area (Å²) in [6.45, 7) is 5.80. The fraction of sp³-hybridized carbons (Fsp3) is 0.407. The molecule has 1 saturated heterocycles. The number of hydrogen-bond donors (Lipinski definition) is 1. The number of likely N-dealkylation sites (N-methyl/N-ethyl adjacent to an activating group) is 1. The molecule has 2 aliphatic rings. The van der Waals surface area contributed by atoms with Crippen molar-refractivity contribution in [3.8, 4) is 11.1 Å². The van der Waals surface area contributed by atoms with E-state index in [4.69, 9.17) is 9.47 Å². The van der Waals surface area contributed by atoms with E-state index >= 15 is 0 Å². The molecule has 1 heterocycles. The van der Waals surface area contributed by atoms with Crippen LogP contribution in [-0.2, 0) is 14.3 Å². The summed E-state index contributed by atoms with van der Waals surface area (Å²) in [5.41, 5.74) is 4.68. The number of piperidine rings is 1. The largest absolute Gasteiger partial charge is 0.460 e. The molecule has 6 heteroatoms. The third-order valence-corrected chi connectivity index (χ3v) is 6.72. The van der Waals surface area contributed by atoms with Crippen LogP contribution in [-0.4, -0.2) is 56.4 Å². The first-order valence-corrected chi connectivity index (χ1v) is 11.7. The second-order valence-electron chi connectivity index (χ2n) is 8.78. The third-order valence-electron chi connectivity index (χ3n) is 6.72. The van der Waals surface area contributed by atoms with E-state index in [2.05, 4.69) is 36.2 Å². The highest BCUT2D eigenvalue weighted by Gasteiger charge is 2.34. The minimum atomic E-state index is -0.677. The van der Waals surface area contributed by atoms with Gasteiger partial charge in [0.25, 0.3) is 0 Å². The second kappa shape index (κ2) is 10.7. The first kappa shape index (κ1) is 23.1. The van der Waals surface area contributed by atoms with Crippen LogP contribution >= 0.6 is 0 Å². The number of carbonyl (C=O) groups excluding carboxylic acids is 2. The Labute approximate surface area is 195 Å². The lowest BCUT2D eigenvalue weighted by molar-refractivity contribution is -0.148. The van der Waals surface area contributed by atoms with Crippen LogP contribution in [0.15, 0.2) is 61.2 Å². The first-order valence-electron chi connectivity index (χ1n) is 11.7. The Bertz CT molecular complexity index is 954. The molecule has 6 nitrogen and oxygen atoms in total. The van der Waals surface area contributed by atoms with Gasteiger partial charge in [0.15, 0.2) is 0 Å². The Balaban J connectivity index is 1.45. The van der Waals surface area contributed by atoms with Gasteiger partial charge in [0, 0.05) is 13.0 Å². The van der Waals surface area contributed by atoms with Crippen LogP contribution < -0.4 is 5.32 Å². The molecule has 0 aromatic heterocycles. The minimum absolute atomic E-state index is 0.0228. The molecule has 4 rings (SSSR count). The minimum Gasteiger partial charge on any atom is -0.460 e. The molecule has 1 amide bonds. The number of benzene rings is 2. The molecule has 0 unspecified atom stereocenters. The number of esters is 1. The molecule has 2 aromatic carbocycles. The fourth-order valence-electron chi connectivity index (χ4n) is 4.91. The summed E-state index contributed by atoms with van der Waals surface area (Å²) < 4.78 is 11.1. The van der Waals surface area contributed by atoms with Gasteiger partial charge in [-0.3, -0.25) is 4.90 Å². The van der Waals surface area contributed by atoms with Gasteiger partial charge >= 0.3 is 12.1 Å². The van der Waals surface area contributed by atoms with E-state index in [0.717, 1.165) is 37.1 Å². The van der Waals surface area contributed by atoms with Crippen molar-refractivity contribution in [3.63, 3.8) is 0 Å². The van der Waals surface area contributed by atoms with E-state index in [1.807, 2.05) is 24.3 Å². The first-order chi connectivity index (χ1) is 16.1. The normalized spacial score (nSPS) is 16.4. The van der Waals surface area contributed by atoms with Crippen LogP contribution in [0.5, 0.6) is 0 Å². The molecule has 1 aliphatic heterocycles. The van der Waals surface area contributed by atoms with Gasteiger partial charge in [-0.25, -0.2) is 9.59 Å². The summed E-state index contributed by atoms with van der Waals surface area (Å²) in [6, 6.07) is 15.8. The number of nitrogens with zero attached hydrogens (tertiary/aromatic N) is 1. The molecule has 1 fully saturated rings. The number of amides is 1. The number of ether oxygens (including phenoxy) is 2. The van der Waals surface area contributed by atoms with Gasteiger partial charge in [-0.05, 0) is 60.5 Å².